The largest absolute Gasteiger partial charge is 0.493 e. The molecule has 0 aliphatic carbocycles. The Hall–Kier alpha value is -2.24. The summed E-state index contributed by atoms with van der Waals surface area (Å²) in [5, 5.41) is 11.2. The number of hydrogen-bond donors (Lipinski definition) is 2. The van der Waals surface area contributed by atoms with Crippen molar-refractivity contribution in [2.24, 2.45) is 0 Å². The monoisotopic (exact) mass is 281 g/mol. The van der Waals surface area contributed by atoms with E-state index in [0.717, 1.165) is 0 Å². The minimum absolute atomic E-state index is 0.117. The van der Waals surface area contributed by atoms with Gasteiger partial charge in [-0.2, -0.15) is 0 Å². The van der Waals surface area contributed by atoms with E-state index in [2.05, 4.69) is 5.32 Å². The minimum Gasteiger partial charge on any atom is -0.493 e. The first-order valence-electron chi connectivity index (χ1n) is 6.30. The molecule has 2 N–H and O–H groups in total. The van der Waals surface area contributed by atoms with Crippen LogP contribution in [-0.4, -0.2) is 37.7 Å². The van der Waals surface area contributed by atoms with Crippen molar-refractivity contribution in [3.8, 4) is 11.5 Å². The Kier molecular flexibility index (Phi) is 6.36. The summed E-state index contributed by atoms with van der Waals surface area (Å²) in [7, 11) is 3.03. The van der Waals surface area contributed by atoms with E-state index in [9.17, 15) is 9.59 Å². The normalized spacial score (nSPS) is 9.90. The third-order valence-corrected chi connectivity index (χ3v) is 2.75. The zero-order chi connectivity index (χ0) is 15.0. The van der Waals surface area contributed by atoms with Gasteiger partial charge in [0.25, 0.3) is 5.91 Å². The van der Waals surface area contributed by atoms with Gasteiger partial charge in [-0.25, -0.2) is 0 Å². The zero-order valence-corrected chi connectivity index (χ0v) is 11.6. The van der Waals surface area contributed by atoms with E-state index in [4.69, 9.17) is 14.6 Å². The van der Waals surface area contributed by atoms with E-state index in [-0.39, 0.29) is 12.3 Å². The van der Waals surface area contributed by atoms with Crippen LogP contribution in [0.2, 0.25) is 0 Å². The van der Waals surface area contributed by atoms with Crippen molar-refractivity contribution in [3.63, 3.8) is 0 Å². The average Bonchev–Trinajstić information content (AvgIpc) is 2.45. The number of carboxylic acid groups (broad SMARTS) is 1. The lowest BCUT2D eigenvalue weighted by atomic mass is 10.2. The molecule has 0 atom stereocenters. The van der Waals surface area contributed by atoms with Gasteiger partial charge in [0.05, 0.1) is 14.2 Å². The van der Waals surface area contributed by atoms with Crippen LogP contribution in [-0.2, 0) is 4.79 Å². The number of unbranched alkanes of at least 4 members (excludes halogenated alkanes) is 1. The van der Waals surface area contributed by atoms with Gasteiger partial charge in [-0.05, 0) is 31.0 Å². The summed E-state index contributed by atoms with van der Waals surface area (Å²) >= 11 is 0. The molecule has 0 saturated heterocycles. The maximum atomic E-state index is 11.9. The van der Waals surface area contributed by atoms with Gasteiger partial charge in [-0.1, -0.05) is 0 Å². The molecule has 0 bridgehead atoms. The number of carboxylic acids is 1. The molecule has 0 spiro atoms. The highest BCUT2D eigenvalue weighted by Gasteiger charge is 2.10. The second kappa shape index (κ2) is 8.04. The highest BCUT2D eigenvalue weighted by molar-refractivity contribution is 5.94. The van der Waals surface area contributed by atoms with Crippen LogP contribution in [0, 0.1) is 0 Å². The fraction of sp³-hybridized carbons (Fsp3) is 0.429. The molecule has 0 aliphatic heterocycles. The number of nitrogens with one attached hydrogen (secondary N) is 1. The number of aliphatic carboxylic acids is 1. The maximum absolute atomic E-state index is 11.9. The van der Waals surface area contributed by atoms with Crippen LogP contribution in [0.3, 0.4) is 0 Å². The van der Waals surface area contributed by atoms with Crippen molar-refractivity contribution >= 4 is 11.9 Å². The fourth-order valence-corrected chi connectivity index (χ4v) is 1.68. The molecule has 0 fully saturated rings. The van der Waals surface area contributed by atoms with Crippen molar-refractivity contribution in [1.82, 2.24) is 5.32 Å². The SMILES string of the molecule is COc1ccc(C(=O)NCCCCC(=O)O)cc1OC. The first-order valence-corrected chi connectivity index (χ1v) is 6.30. The smallest absolute Gasteiger partial charge is 0.303 e. The molecule has 0 aromatic heterocycles. The Morgan fingerprint density at radius 1 is 1.15 bits per heavy atom. The number of benzene rings is 1. The van der Waals surface area contributed by atoms with Crippen LogP contribution in [0.5, 0.6) is 11.5 Å². The highest BCUT2D eigenvalue weighted by Crippen LogP contribution is 2.27. The molecule has 6 heteroatoms. The molecule has 110 valence electrons. The van der Waals surface area contributed by atoms with Crippen molar-refractivity contribution in [1.29, 1.82) is 0 Å². The Morgan fingerprint density at radius 3 is 2.45 bits per heavy atom. The lowest BCUT2D eigenvalue weighted by molar-refractivity contribution is -0.137. The van der Waals surface area contributed by atoms with Gasteiger partial charge in [0, 0.05) is 18.5 Å². The zero-order valence-electron chi connectivity index (χ0n) is 11.6. The number of ether oxygens (including phenoxy) is 2. The van der Waals surface area contributed by atoms with Gasteiger partial charge in [-0.15, -0.1) is 0 Å². The van der Waals surface area contributed by atoms with E-state index in [1.165, 1.54) is 14.2 Å². The van der Waals surface area contributed by atoms with E-state index in [1.807, 2.05) is 0 Å². The number of rotatable bonds is 8. The number of carbonyl (C=O) groups is 2. The van der Waals surface area contributed by atoms with Gasteiger partial charge < -0.3 is 19.9 Å². The molecule has 0 radical (unpaired) electrons. The predicted octanol–water partition coefficient (Wildman–Crippen LogP) is 1.69. The standard InChI is InChI=1S/C14H19NO5/c1-19-11-7-6-10(9-12(11)20-2)14(18)15-8-4-3-5-13(16)17/h6-7,9H,3-5,8H2,1-2H3,(H,15,18)(H,16,17). The number of hydrogen-bond acceptors (Lipinski definition) is 4. The van der Waals surface area contributed by atoms with Crippen molar-refractivity contribution in [3.05, 3.63) is 23.8 Å². The Bertz CT molecular complexity index is 473. The van der Waals surface area contributed by atoms with Gasteiger partial charge in [0.2, 0.25) is 0 Å². The molecule has 0 heterocycles. The summed E-state index contributed by atoms with van der Waals surface area (Å²) in [6.07, 6.45) is 1.29. The van der Waals surface area contributed by atoms with E-state index >= 15 is 0 Å². The summed E-state index contributed by atoms with van der Waals surface area (Å²) < 4.78 is 10.2. The minimum atomic E-state index is -0.823. The van der Waals surface area contributed by atoms with Crippen LogP contribution in [0.15, 0.2) is 18.2 Å². The van der Waals surface area contributed by atoms with Crippen molar-refractivity contribution in [2.75, 3.05) is 20.8 Å². The lowest BCUT2D eigenvalue weighted by Crippen LogP contribution is -2.24. The van der Waals surface area contributed by atoms with E-state index in [0.29, 0.717) is 36.4 Å². The number of amides is 1. The Balaban J connectivity index is 2.49. The summed E-state index contributed by atoms with van der Waals surface area (Å²) in [4.78, 5) is 22.2. The lowest BCUT2D eigenvalue weighted by Gasteiger charge is -2.09. The molecular formula is C14H19NO5. The van der Waals surface area contributed by atoms with Crippen LogP contribution < -0.4 is 14.8 Å². The molecule has 0 unspecified atom stereocenters. The average molecular weight is 281 g/mol. The van der Waals surface area contributed by atoms with E-state index < -0.39 is 5.97 Å². The second-order valence-corrected chi connectivity index (χ2v) is 4.18. The first-order chi connectivity index (χ1) is 9.58. The molecule has 6 nitrogen and oxygen atoms in total. The third kappa shape index (κ3) is 4.79. The first kappa shape index (κ1) is 15.8. The quantitative estimate of drug-likeness (QED) is 0.708. The summed E-state index contributed by atoms with van der Waals surface area (Å²) in [6.45, 7) is 0.445. The molecule has 20 heavy (non-hydrogen) atoms. The number of methoxy groups -OCH3 is 2. The van der Waals surface area contributed by atoms with Crippen molar-refractivity contribution < 1.29 is 24.2 Å². The van der Waals surface area contributed by atoms with Crippen LogP contribution in [0.1, 0.15) is 29.6 Å². The molecular weight excluding hydrogens is 262 g/mol. The van der Waals surface area contributed by atoms with E-state index in [1.54, 1.807) is 18.2 Å². The molecule has 1 rings (SSSR count). The van der Waals surface area contributed by atoms with Gasteiger partial charge in [0.15, 0.2) is 11.5 Å². The summed E-state index contributed by atoms with van der Waals surface area (Å²) in [6, 6.07) is 4.91. The summed E-state index contributed by atoms with van der Waals surface area (Å²) in [5.41, 5.74) is 0.473. The Morgan fingerprint density at radius 2 is 1.85 bits per heavy atom. The fourth-order valence-electron chi connectivity index (χ4n) is 1.68. The maximum Gasteiger partial charge on any atom is 0.303 e. The second-order valence-electron chi connectivity index (χ2n) is 4.18. The highest BCUT2D eigenvalue weighted by atomic mass is 16.5. The molecule has 0 aliphatic rings. The summed E-state index contributed by atoms with van der Waals surface area (Å²) in [5.74, 6) is 0.00836. The molecule has 1 amide bonds. The van der Waals surface area contributed by atoms with Gasteiger partial charge in [-0.3, -0.25) is 9.59 Å². The van der Waals surface area contributed by atoms with Crippen LogP contribution >= 0.6 is 0 Å². The predicted molar refractivity (Wildman–Crippen MR) is 73.4 cm³/mol. The molecule has 1 aromatic rings. The van der Waals surface area contributed by atoms with Gasteiger partial charge in [0.1, 0.15) is 0 Å². The van der Waals surface area contributed by atoms with Crippen molar-refractivity contribution in [2.45, 2.75) is 19.3 Å². The van der Waals surface area contributed by atoms with Crippen LogP contribution in [0.25, 0.3) is 0 Å². The molecule has 0 saturated carbocycles. The van der Waals surface area contributed by atoms with Crippen LogP contribution in [0.4, 0.5) is 0 Å². The Labute approximate surface area is 117 Å². The number of carbonyl (C=O) groups excluding carboxylic acids is 1. The van der Waals surface area contributed by atoms with Gasteiger partial charge >= 0.3 is 5.97 Å². The molecule has 1 aromatic carbocycles. The topological polar surface area (TPSA) is 84.9 Å². The third-order valence-electron chi connectivity index (χ3n) is 2.75.